The number of amides is 1. The van der Waals surface area contributed by atoms with E-state index in [4.69, 9.17) is 0 Å². The number of carboxylic acid groups (broad SMARTS) is 1. The van der Waals surface area contributed by atoms with E-state index in [1.54, 1.807) is 6.92 Å². The van der Waals surface area contributed by atoms with Crippen LogP contribution in [0.2, 0.25) is 0 Å². The van der Waals surface area contributed by atoms with E-state index in [0.29, 0.717) is 30.8 Å². The summed E-state index contributed by atoms with van der Waals surface area (Å²) in [5, 5.41) is 12.0. The Bertz CT molecular complexity index is 408. The third-order valence-electron chi connectivity index (χ3n) is 4.56. The van der Waals surface area contributed by atoms with Gasteiger partial charge in [0.1, 0.15) is 6.04 Å². The fourth-order valence-corrected chi connectivity index (χ4v) is 3.38. The highest BCUT2D eigenvalue weighted by atomic mass is 16.4. The van der Waals surface area contributed by atoms with Gasteiger partial charge >= 0.3 is 5.97 Å². The smallest absolute Gasteiger partial charge is 0.320 e. The van der Waals surface area contributed by atoms with Crippen LogP contribution in [0.15, 0.2) is 12.2 Å². The lowest BCUT2D eigenvalue weighted by atomic mass is 9.92. The van der Waals surface area contributed by atoms with Gasteiger partial charge in [-0.15, -0.1) is 0 Å². The molecule has 2 aliphatic carbocycles. The van der Waals surface area contributed by atoms with Gasteiger partial charge in [-0.2, -0.15) is 0 Å². The Labute approximate surface area is 120 Å². The molecule has 1 fully saturated rings. The van der Waals surface area contributed by atoms with E-state index in [-0.39, 0.29) is 5.91 Å². The number of hydrogen-bond donors (Lipinski definition) is 2. The van der Waals surface area contributed by atoms with Gasteiger partial charge in [-0.1, -0.05) is 12.2 Å². The molecular formula is C15H24N2O3. The maximum atomic E-state index is 11.2. The summed E-state index contributed by atoms with van der Waals surface area (Å²) in [5.74, 6) is 0.998. The van der Waals surface area contributed by atoms with Crippen molar-refractivity contribution in [2.45, 2.75) is 32.7 Å². The van der Waals surface area contributed by atoms with Crippen molar-refractivity contribution in [3.63, 3.8) is 0 Å². The van der Waals surface area contributed by atoms with E-state index in [1.165, 1.54) is 19.8 Å². The van der Waals surface area contributed by atoms with Gasteiger partial charge in [-0.05, 0) is 37.5 Å². The van der Waals surface area contributed by atoms with Gasteiger partial charge in [0, 0.05) is 26.6 Å². The Morgan fingerprint density at radius 2 is 2.15 bits per heavy atom. The molecule has 0 radical (unpaired) electrons. The molecule has 112 valence electrons. The van der Waals surface area contributed by atoms with Gasteiger partial charge < -0.3 is 10.4 Å². The molecule has 2 rings (SSSR count). The largest absolute Gasteiger partial charge is 0.480 e. The highest BCUT2D eigenvalue weighted by Gasteiger charge is 2.37. The second kappa shape index (κ2) is 6.39. The van der Waals surface area contributed by atoms with Crippen molar-refractivity contribution < 1.29 is 14.7 Å². The minimum absolute atomic E-state index is 0.0733. The predicted octanol–water partition coefficient (Wildman–Crippen LogP) is 1.11. The maximum Gasteiger partial charge on any atom is 0.320 e. The van der Waals surface area contributed by atoms with E-state index in [0.717, 1.165) is 6.54 Å². The summed E-state index contributed by atoms with van der Waals surface area (Å²) >= 11 is 0. The summed E-state index contributed by atoms with van der Waals surface area (Å²) in [6.45, 7) is 5.09. The van der Waals surface area contributed by atoms with E-state index >= 15 is 0 Å². The molecule has 4 atom stereocenters. The monoisotopic (exact) mass is 280 g/mol. The van der Waals surface area contributed by atoms with Crippen molar-refractivity contribution in [3.8, 4) is 0 Å². The van der Waals surface area contributed by atoms with Crippen LogP contribution in [0, 0.1) is 17.8 Å². The van der Waals surface area contributed by atoms with Gasteiger partial charge in [-0.25, -0.2) is 0 Å². The van der Waals surface area contributed by atoms with Crippen LogP contribution in [0.25, 0.3) is 0 Å². The molecule has 0 aromatic rings. The van der Waals surface area contributed by atoms with Gasteiger partial charge in [0.05, 0.1) is 0 Å². The minimum Gasteiger partial charge on any atom is -0.480 e. The second-order valence-electron chi connectivity index (χ2n) is 6.03. The van der Waals surface area contributed by atoms with Crippen LogP contribution in [0.5, 0.6) is 0 Å². The van der Waals surface area contributed by atoms with Crippen molar-refractivity contribution in [1.29, 1.82) is 0 Å². The van der Waals surface area contributed by atoms with Crippen LogP contribution < -0.4 is 5.32 Å². The first-order valence-corrected chi connectivity index (χ1v) is 7.37. The minimum atomic E-state index is -0.800. The first kappa shape index (κ1) is 15.0. The van der Waals surface area contributed by atoms with Gasteiger partial charge in [0.25, 0.3) is 0 Å². The molecule has 1 amide bonds. The van der Waals surface area contributed by atoms with Crippen molar-refractivity contribution in [2.75, 3.05) is 19.6 Å². The highest BCUT2D eigenvalue weighted by molar-refractivity contribution is 5.73. The SMILES string of the molecule is CC(=O)NCCN(CC1CC2C=CC1C2)C(C)C(=O)O. The van der Waals surface area contributed by atoms with Crippen LogP contribution >= 0.6 is 0 Å². The molecule has 0 aromatic heterocycles. The molecule has 2 N–H and O–H groups in total. The topological polar surface area (TPSA) is 69.6 Å². The highest BCUT2D eigenvalue weighted by Crippen LogP contribution is 2.43. The number of carboxylic acids is 1. The standard InChI is InChI=1S/C15H24N2O3/c1-10(15(19)20)17(6-5-16-11(2)18)9-14-8-12-3-4-13(14)7-12/h3-4,10,12-14H,5-9H2,1-2H3,(H,16,18)(H,19,20). The first-order valence-electron chi connectivity index (χ1n) is 7.37. The third-order valence-corrected chi connectivity index (χ3v) is 4.56. The van der Waals surface area contributed by atoms with Crippen LogP contribution in [0.4, 0.5) is 0 Å². The van der Waals surface area contributed by atoms with Crippen molar-refractivity contribution in [1.82, 2.24) is 10.2 Å². The van der Waals surface area contributed by atoms with Crippen LogP contribution in [-0.4, -0.2) is 47.6 Å². The summed E-state index contributed by atoms with van der Waals surface area (Å²) in [7, 11) is 0. The molecule has 2 aliphatic rings. The number of hydrogen-bond acceptors (Lipinski definition) is 3. The second-order valence-corrected chi connectivity index (χ2v) is 6.03. The lowest BCUT2D eigenvalue weighted by molar-refractivity contribution is -0.142. The number of rotatable bonds is 7. The Kier molecular flexibility index (Phi) is 4.81. The Balaban J connectivity index is 1.90. The van der Waals surface area contributed by atoms with Crippen LogP contribution in [0.3, 0.4) is 0 Å². The van der Waals surface area contributed by atoms with Crippen LogP contribution in [-0.2, 0) is 9.59 Å². The zero-order chi connectivity index (χ0) is 14.7. The number of allylic oxidation sites excluding steroid dienone is 2. The van der Waals surface area contributed by atoms with Crippen molar-refractivity contribution >= 4 is 11.9 Å². The van der Waals surface area contributed by atoms with Crippen molar-refractivity contribution in [2.24, 2.45) is 17.8 Å². The Morgan fingerprint density at radius 3 is 2.65 bits per heavy atom. The zero-order valence-corrected chi connectivity index (χ0v) is 12.2. The number of nitrogens with zero attached hydrogens (tertiary/aromatic N) is 1. The Hall–Kier alpha value is -1.36. The summed E-state index contributed by atoms with van der Waals surface area (Å²) < 4.78 is 0. The average molecular weight is 280 g/mol. The van der Waals surface area contributed by atoms with E-state index in [9.17, 15) is 14.7 Å². The predicted molar refractivity (Wildman–Crippen MR) is 76.2 cm³/mol. The maximum absolute atomic E-state index is 11.2. The molecule has 0 spiro atoms. The summed E-state index contributed by atoms with van der Waals surface area (Å²) in [5.41, 5.74) is 0. The molecule has 4 unspecified atom stereocenters. The van der Waals surface area contributed by atoms with Crippen molar-refractivity contribution in [3.05, 3.63) is 12.2 Å². The summed E-state index contributed by atoms with van der Waals surface area (Å²) in [6, 6.07) is -0.508. The van der Waals surface area contributed by atoms with Crippen LogP contribution in [0.1, 0.15) is 26.7 Å². The molecule has 0 saturated heterocycles. The normalized spacial score (nSPS) is 28.9. The number of carbonyl (C=O) groups excluding carboxylic acids is 1. The van der Waals surface area contributed by atoms with E-state index in [1.807, 2.05) is 4.90 Å². The Morgan fingerprint density at radius 1 is 1.40 bits per heavy atom. The molecule has 0 aromatic carbocycles. The first-order chi connectivity index (χ1) is 9.47. The third kappa shape index (κ3) is 3.60. The summed E-state index contributed by atoms with van der Waals surface area (Å²) in [4.78, 5) is 24.1. The number of carbonyl (C=O) groups is 2. The lowest BCUT2D eigenvalue weighted by Gasteiger charge is -2.31. The molecule has 2 bridgehead atoms. The lowest BCUT2D eigenvalue weighted by Crippen LogP contribution is -2.46. The molecule has 5 nitrogen and oxygen atoms in total. The fraction of sp³-hybridized carbons (Fsp3) is 0.733. The molecule has 0 heterocycles. The van der Waals surface area contributed by atoms with E-state index in [2.05, 4.69) is 17.5 Å². The number of aliphatic carboxylic acids is 1. The average Bonchev–Trinajstić information content (AvgIpc) is 2.98. The molecule has 1 saturated carbocycles. The molecular weight excluding hydrogens is 256 g/mol. The zero-order valence-electron chi connectivity index (χ0n) is 12.2. The van der Waals surface area contributed by atoms with Gasteiger partial charge in [0.2, 0.25) is 5.91 Å². The molecule has 0 aliphatic heterocycles. The quantitative estimate of drug-likeness (QED) is 0.685. The molecule has 20 heavy (non-hydrogen) atoms. The fourth-order valence-electron chi connectivity index (χ4n) is 3.38. The summed E-state index contributed by atoms with van der Waals surface area (Å²) in [6.07, 6.45) is 6.98. The number of nitrogens with one attached hydrogen (secondary N) is 1. The number of fused-ring (bicyclic) bond motifs is 2. The van der Waals surface area contributed by atoms with Gasteiger partial charge in [-0.3, -0.25) is 14.5 Å². The van der Waals surface area contributed by atoms with E-state index < -0.39 is 12.0 Å². The molecule has 5 heteroatoms. The van der Waals surface area contributed by atoms with Gasteiger partial charge in [0.15, 0.2) is 0 Å².